The molecule has 0 aromatic heterocycles. The lowest BCUT2D eigenvalue weighted by Crippen LogP contribution is -2.21. The van der Waals surface area contributed by atoms with Crippen molar-refractivity contribution < 1.29 is 19.1 Å². The highest BCUT2D eigenvalue weighted by molar-refractivity contribution is 6.30. The number of carbonyl (C=O) groups excluding carboxylic acids is 2. The Labute approximate surface area is 123 Å². The molecule has 0 atom stereocenters. The molecule has 1 aliphatic carbocycles. The standard InChI is InChI=1S/C14H2N4O4/c15-3-9-10(4-16)14(20)8-2-12(22-6-18)11(21-5-17)1-7(8)13(9)19/h1-2H. The first-order valence-corrected chi connectivity index (χ1v) is 5.52. The fraction of sp³-hybridized carbons (Fsp3) is 0. The number of allylic oxidation sites excluding steroid dienone is 2. The van der Waals surface area contributed by atoms with Crippen LogP contribution in [0.1, 0.15) is 20.7 Å². The first kappa shape index (κ1) is 14.3. The van der Waals surface area contributed by atoms with E-state index in [1.54, 1.807) is 0 Å². The number of rotatable bonds is 2. The van der Waals surface area contributed by atoms with Crippen LogP contribution in [-0.4, -0.2) is 11.6 Å². The SMILES string of the molecule is N#COc1cc2c(cc1OC#N)C(=O)C(C#N)=C(C#N)C2=O. The quantitative estimate of drug-likeness (QED) is 0.736. The van der Waals surface area contributed by atoms with Gasteiger partial charge >= 0.3 is 0 Å². The maximum absolute atomic E-state index is 12.2. The second-order valence-corrected chi connectivity index (χ2v) is 3.86. The summed E-state index contributed by atoms with van der Waals surface area (Å²) >= 11 is 0. The van der Waals surface area contributed by atoms with Crippen LogP contribution in [0.5, 0.6) is 11.5 Å². The second-order valence-electron chi connectivity index (χ2n) is 3.86. The highest BCUT2D eigenvalue weighted by atomic mass is 16.5. The first-order chi connectivity index (χ1) is 10.6. The number of hydrogen-bond acceptors (Lipinski definition) is 8. The van der Waals surface area contributed by atoms with E-state index in [1.165, 1.54) is 24.6 Å². The molecule has 0 unspecified atom stereocenters. The van der Waals surface area contributed by atoms with Crippen LogP contribution in [0.25, 0.3) is 0 Å². The van der Waals surface area contributed by atoms with Gasteiger partial charge in [-0.1, -0.05) is 0 Å². The summed E-state index contributed by atoms with van der Waals surface area (Å²) in [6, 6.07) is 5.05. The molecular formula is C14H2N4O4. The topological polar surface area (TPSA) is 148 Å². The van der Waals surface area contributed by atoms with Gasteiger partial charge in [0.15, 0.2) is 11.5 Å². The normalized spacial score (nSPS) is 12.4. The average molecular weight is 290 g/mol. The van der Waals surface area contributed by atoms with Crippen molar-refractivity contribution in [3.05, 3.63) is 34.4 Å². The lowest BCUT2D eigenvalue weighted by molar-refractivity contribution is 0.0981. The van der Waals surface area contributed by atoms with E-state index in [0.717, 1.165) is 12.1 Å². The lowest BCUT2D eigenvalue weighted by Gasteiger charge is -2.15. The van der Waals surface area contributed by atoms with Gasteiger partial charge in [0.25, 0.3) is 12.5 Å². The molecule has 22 heavy (non-hydrogen) atoms. The number of ketones is 2. The Morgan fingerprint density at radius 3 is 1.36 bits per heavy atom. The minimum atomic E-state index is -0.847. The second kappa shape index (κ2) is 5.46. The number of Topliss-reactive ketones (excluding diaryl/α,β-unsaturated/α-hetero) is 2. The van der Waals surface area contributed by atoms with E-state index >= 15 is 0 Å². The van der Waals surface area contributed by atoms with E-state index in [-0.39, 0.29) is 22.6 Å². The Balaban J connectivity index is 2.77. The van der Waals surface area contributed by atoms with Crippen molar-refractivity contribution >= 4 is 11.6 Å². The molecule has 0 fully saturated rings. The van der Waals surface area contributed by atoms with E-state index in [9.17, 15) is 9.59 Å². The molecule has 0 amide bonds. The minimum absolute atomic E-state index is 0.212. The van der Waals surface area contributed by atoms with Crippen molar-refractivity contribution in [3.8, 4) is 36.1 Å². The molecule has 0 spiro atoms. The molecule has 8 nitrogen and oxygen atoms in total. The van der Waals surface area contributed by atoms with Crippen molar-refractivity contribution in [1.29, 1.82) is 21.0 Å². The van der Waals surface area contributed by atoms with Gasteiger partial charge < -0.3 is 9.47 Å². The predicted octanol–water partition coefficient (Wildman–Crippen LogP) is 1.13. The number of fused-ring (bicyclic) bond motifs is 1. The van der Waals surface area contributed by atoms with Crippen LogP contribution >= 0.6 is 0 Å². The fourth-order valence-electron chi connectivity index (χ4n) is 1.90. The molecule has 0 heterocycles. The number of carbonyl (C=O) groups is 2. The summed E-state index contributed by atoms with van der Waals surface area (Å²) in [5.41, 5.74) is -1.60. The minimum Gasteiger partial charge on any atom is -0.384 e. The zero-order chi connectivity index (χ0) is 16.3. The fourth-order valence-corrected chi connectivity index (χ4v) is 1.90. The van der Waals surface area contributed by atoms with Gasteiger partial charge in [-0.05, 0) is 12.1 Å². The molecule has 8 heteroatoms. The molecule has 0 radical (unpaired) electrons. The van der Waals surface area contributed by atoms with Crippen LogP contribution in [0, 0.1) is 45.7 Å². The van der Waals surface area contributed by atoms with Crippen LogP contribution in [0.15, 0.2) is 23.3 Å². The Hall–Kier alpha value is -4.14. The molecular weight excluding hydrogens is 288 g/mol. The van der Waals surface area contributed by atoms with E-state index in [2.05, 4.69) is 9.47 Å². The van der Waals surface area contributed by atoms with Gasteiger partial charge in [-0.2, -0.15) is 10.5 Å². The summed E-state index contributed by atoms with van der Waals surface area (Å²) in [5, 5.41) is 35.0. The number of hydrogen-bond donors (Lipinski definition) is 0. The molecule has 0 saturated heterocycles. The Morgan fingerprint density at radius 1 is 0.727 bits per heavy atom. The van der Waals surface area contributed by atoms with Gasteiger partial charge in [-0.25, -0.2) is 0 Å². The van der Waals surface area contributed by atoms with E-state index < -0.39 is 22.7 Å². The molecule has 0 saturated carbocycles. The zero-order valence-electron chi connectivity index (χ0n) is 10.6. The molecule has 0 N–H and O–H groups in total. The molecule has 0 aliphatic heterocycles. The van der Waals surface area contributed by atoms with Gasteiger partial charge in [-0.15, -0.1) is 10.5 Å². The molecule has 1 aromatic rings. The van der Waals surface area contributed by atoms with E-state index in [4.69, 9.17) is 21.0 Å². The lowest BCUT2D eigenvalue weighted by atomic mass is 9.84. The van der Waals surface area contributed by atoms with Gasteiger partial charge in [0.05, 0.1) is 0 Å². The highest BCUT2D eigenvalue weighted by Crippen LogP contribution is 2.35. The van der Waals surface area contributed by atoms with Crippen LogP contribution in [0.4, 0.5) is 0 Å². The van der Waals surface area contributed by atoms with Crippen molar-refractivity contribution in [2.24, 2.45) is 0 Å². The van der Waals surface area contributed by atoms with Crippen molar-refractivity contribution in [3.63, 3.8) is 0 Å². The molecule has 102 valence electrons. The van der Waals surface area contributed by atoms with Gasteiger partial charge in [0.2, 0.25) is 11.6 Å². The van der Waals surface area contributed by atoms with Crippen LogP contribution in [-0.2, 0) is 0 Å². The largest absolute Gasteiger partial charge is 0.384 e. The van der Waals surface area contributed by atoms with Crippen molar-refractivity contribution in [2.75, 3.05) is 0 Å². The van der Waals surface area contributed by atoms with E-state index in [0.29, 0.717) is 0 Å². The average Bonchev–Trinajstić information content (AvgIpc) is 2.52. The summed E-state index contributed by atoms with van der Waals surface area (Å²) in [6.07, 6.45) is 2.69. The summed E-state index contributed by atoms with van der Waals surface area (Å²) in [6.45, 7) is 0. The van der Waals surface area contributed by atoms with Gasteiger partial charge in [-0.3, -0.25) is 9.59 Å². The highest BCUT2D eigenvalue weighted by Gasteiger charge is 2.34. The monoisotopic (exact) mass is 290 g/mol. The van der Waals surface area contributed by atoms with E-state index in [1.807, 2.05) is 0 Å². The molecule has 0 bridgehead atoms. The molecule has 1 aliphatic rings. The summed E-state index contributed by atoms with van der Waals surface area (Å²) < 4.78 is 9.13. The number of nitrogens with zero attached hydrogens (tertiary/aromatic N) is 4. The van der Waals surface area contributed by atoms with Crippen LogP contribution < -0.4 is 9.47 Å². The first-order valence-electron chi connectivity index (χ1n) is 5.52. The maximum atomic E-state index is 12.2. The summed E-state index contributed by atoms with van der Waals surface area (Å²) in [7, 11) is 0. The smallest absolute Gasteiger partial charge is 0.292 e. The Kier molecular flexibility index (Phi) is 3.54. The number of nitriles is 4. The van der Waals surface area contributed by atoms with Gasteiger partial charge in [0.1, 0.15) is 23.3 Å². The molecule has 2 rings (SSSR count). The van der Waals surface area contributed by atoms with Gasteiger partial charge in [0, 0.05) is 11.1 Å². The number of ether oxygens (including phenoxy) is 2. The van der Waals surface area contributed by atoms with Crippen molar-refractivity contribution in [1.82, 2.24) is 0 Å². The van der Waals surface area contributed by atoms with Crippen molar-refractivity contribution in [2.45, 2.75) is 0 Å². The molecule has 1 aromatic carbocycles. The predicted molar refractivity (Wildman–Crippen MR) is 65.8 cm³/mol. The summed E-state index contributed by atoms with van der Waals surface area (Å²) in [4.78, 5) is 24.3. The zero-order valence-corrected chi connectivity index (χ0v) is 10.6. The summed E-state index contributed by atoms with van der Waals surface area (Å²) in [5.74, 6) is -2.22. The van der Waals surface area contributed by atoms with Crippen LogP contribution in [0.2, 0.25) is 0 Å². The third-order valence-corrected chi connectivity index (χ3v) is 2.81. The Morgan fingerprint density at radius 2 is 1.09 bits per heavy atom. The third-order valence-electron chi connectivity index (χ3n) is 2.81. The maximum Gasteiger partial charge on any atom is 0.292 e. The third kappa shape index (κ3) is 2.00. The number of benzene rings is 1. The Bertz CT molecular complexity index is 841. The van der Waals surface area contributed by atoms with Crippen LogP contribution in [0.3, 0.4) is 0 Å².